The van der Waals surface area contributed by atoms with Gasteiger partial charge in [-0.2, -0.15) is 0 Å². The smallest absolute Gasteiger partial charge is 0.456 e. The third kappa shape index (κ3) is 4.79. The molecule has 0 radical (unpaired) electrons. The number of phenolic OH excluding ortho intramolecular Hbond substituents is 1. The molecule has 31 heavy (non-hydrogen) atoms. The van der Waals surface area contributed by atoms with Crippen molar-refractivity contribution >= 4 is 28.6 Å². The molecule has 5 nitrogen and oxygen atoms in total. The molecule has 0 aliphatic carbocycles. The number of rotatable bonds is 6. The van der Waals surface area contributed by atoms with Crippen LogP contribution in [0.2, 0.25) is 6.32 Å². The minimum absolute atomic E-state index is 0.0744. The molecule has 2 aliphatic heterocycles. The maximum absolute atomic E-state index is 12.6. The van der Waals surface area contributed by atoms with Crippen LogP contribution in [0.4, 0.5) is 0 Å². The second-order valence-corrected chi connectivity index (χ2v) is 10.4. The van der Waals surface area contributed by atoms with Crippen molar-refractivity contribution in [2.75, 3.05) is 5.75 Å². The molecule has 0 aromatic heterocycles. The number of allylic oxidation sites excluding steroid dienone is 1. The van der Waals surface area contributed by atoms with E-state index in [4.69, 9.17) is 4.65 Å². The summed E-state index contributed by atoms with van der Waals surface area (Å²) in [5, 5.41) is 19.2. The zero-order chi connectivity index (χ0) is 22.0. The average Bonchev–Trinajstić information content (AvgIpc) is 3.03. The molecule has 4 rings (SSSR count). The van der Waals surface area contributed by atoms with E-state index in [1.165, 1.54) is 0 Å². The molecule has 0 saturated carbocycles. The highest BCUT2D eigenvalue weighted by molar-refractivity contribution is 7.92. The molecule has 1 saturated heterocycles. The molecule has 2 heterocycles. The summed E-state index contributed by atoms with van der Waals surface area (Å²) in [4.78, 5) is 0. The van der Waals surface area contributed by atoms with Gasteiger partial charge in [-0.15, -0.1) is 0 Å². The lowest BCUT2D eigenvalue weighted by molar-refractivity contribution is 0.171. The Hall–Kier alpha value is -2.35. The van der Waals surface area contributed by atoms with Crippen molar-refractivity contribution in [1.29, 1.82) is 0 Å². The number of phenols is 1. The van der Waals surface area contributed by atoms with Crippen LogP contribution in [0.15, 0.2) is 65.7 Å². The van der Waals surface area contributed by atoms with Crippen LogP contribution in [-0.2, 0) is 14.5 Å². The predicted molar refractivity (Wildman–Crippen MR) is 124 cm³/mol. The Balaban J connectivity index is 1.62. The molecular weight excluding hydrogens is 411 g/mol. The lowest BCUT2D eigenvalue weighted by atomic mass is 9.74. The third-order valence-electron chi connectivity index (χ3n) is 6.13. The monoisotopic (exact) mass is 438 g/mol. The van der Waals surface area contributed by atoms with Crippen LogP contribution in [0.5, 0.6) is 5.75 Å². The number of fused-ring (bicyclic) bond motifs is 1. The van der Waals surface area contributed by atoms with Crippen LogP contribution in [0.3, 0.4) is 0 Å². The van der Waals surface area contributed by atoms with E-state index >= 15 is 0 Å². The van der Waals surface area contributed by atoms with Gasteiger partial charge in [0, 0.05) is 6.32 Å². The third-order valence-corrected chi connectivity index (χ3v) is 8.19. The Morgan fingerprint density at radius 1 is 1.16 bits per heavy atom. The van der Waals surface area contributed by atoms with Crippen molar-refractivity contribution in [2.45, 2.75) is 43.9 Å². The van der Waals surface area contributed by atoms with Gasteiger partial charge in [0.1, 0.15) is 5.75 Å². The Labute approximate surface area is 184 Å². The molecule has 7 heteroatoms. The molecule has 0 amide bonds. The summed E-state index contributed by atoms with van der Waals surface area (Å²) in [6, 6.07) is 17.0. The fourth-order valence-corrected chi connectivity index (χ4v) is 6.82. The molecule has 2 aromatic carbocycles. The molecule has 0 unspecified atom stereocenters. The quantitative estimate of drug-likeness (QED) is 0.403. The van der Waals surface area contributed by atoms with E-state index < -0.39 is 28.3 Å². The first-order chi connectivity index (χ1) is 14.9. The summed E-state index contributed by atoms with van der Waals surface area (Å²) in [5.74, 6) is 0.292. The molecule has 1 fully saturated rings. The zero-order valence-corrected chi connectivity index (χ0v) is 18.4. The van der Waals surface area contributed by atoms with Crippen molar-refractivity contribution < 1.29 is 23.2 Å². The second kappa shape index (κ2) is 9.03. The van der Waals surface area contributed by atoms with Crippen molar-refractivity contribution in [1.82, 2.24) is 0 Å². The Bertz CT molecular complexity index is 1090. The SMILES string of the molecule is CCC1=C2[C@@H](CC/C(=C/c3ccc(O)cc3)c3ccccc3)OB(O)C[C@@H]2S(=O)(=O)C1. The summed E-state index contributed by atoms with van der Waals surface area (Å²) in [5.41, 5.74) is 4.93. The van der Waals surface area contributed by atoms with Gasteiger partial charge in [-0.05, 0) is 53.7 Å². The first kappa shape index (κ1) is 21.9. The molecule has 2 atom stereocenters. The van der Waals surface area contributed by atoms with Crippen LogP contribution in [0.25, 0.3) is 11.6 Å². The van der Waals surface area contributed by atoms with Gasteiger partial charge in [-0.3, -0.25) is 0 Å². The minimum atomic E-state index is -3.27. The van der Waals surface area contributed by atoms with Gasteiger partial charge in [0.25, 0.3) is 0 Å². The van der Waals surface area contributed by atoms with E-state index in [0.29, 0.717) is 19.3 Å². The maximum atomic E-state index is 12.6. The summed E-state index contributed by atoms with van der Waals surface area (Å²) in [7, 11) is -4.33. The Morgan fingerprint density at radius 2 is 1.87 bits per heavy atom. The highest BCUT2D eigenvalue weighted by Gasteiger charge is 2.47. The van der Waals surface area contributed by atoms with Gasteiger partial charge in [-0.25, -0.2) is 8.42 Å². The van der Waals surface area contributed by atoms with E-state index in [-0.39, 0.29) is 17.8 Å². The van der Waals surface area contributed by atoms with E-state index in [9.17, 15) is 18.5 Å². The number of benzene rings is 2. The van der Waals surface area contributed by atoms with Crippen LogP contribution < -0.4 is 0 Å². The Morgan fingerprint density at radius 3 is 2.55 bits per heavy atom. The van der Waals surface area contributed by atoms with Gasteiger partial charge in [-0.1, -0.05) is 61.0 Å². The molecule has 0 spiro atoms. The largest absolute Gasteiger partial charge is 0.508 e. The topological polar surface area (TPSA) is 83.8 Å². The van der Waals surface area contributed by atoms with E-state index in [1.807, 2.05) is 49.4 Å². The van der Waals surface area contributed by atoms with Gasteiger partial charge < -0.3 is 14.8 Å². The van der Waals surface area contributed by atoms with Crippen molar-refractivity contribution in [3.8, 4) is 5.75 Å². The maximum Gasteiger partial charge on any atom is 0.456 e. The number of sulfone groups is 1. The molecule has 162 valence electrons. The van der Waals surface area contributed by atoms with Crippen LogP contribution in [-0.4, -0.2) is 42.8 Å². The molecule has 2 aliphatic rings. The van der Waals surface area contributed by atoms with Crippen molar-refractivity contribution in [3.05, 3.63) is 76.9 Å². The summed E-state index contributed by atoms with van der Waals surface area (Å²) < 4.78 is 31.1. The van der Waals surface area contributed by atoms with Crippen LogP contribution in [0.1, 0.15) is 37.3 Å². The lowest BCUT2D eigenvalue weighted by Gasteiger charge is -2.32. The number of hydrogen-bond acceptors (Lipinski definition) is 5. The van der Waals surface area contributed by atoms with Crippen molar-refractivity contribution in [3.63, 3.8) is 0 Å². The second-order valence-electron chi connectivity index (χ2n) is 8.19. The van der Waals surface area contributed by atoms with Gasteiger partial charge in [0.15, 0.2) is 9.84 Å². The zero-order valence-electron chi connectivity index (χ0n) is 17.6. The van der Waals surface area contributed by atoms with Gasteiger partial charge in [0.2, 0.25) is 0 Å². The summed E-state index contributed by atoms with van der Waals surface area (Å²) in [6.45, 7) is 1.97. The van der Waals surface area contributed by atoms with Gasteiger partial charge >= 0.3 is 7.12 Å². The standard InChI is InChI=1S/C24H27BO5S/c1-2-18-16-31(28,29)23-15-25(27)30-22(24(18)23)13-10-20(19-6-4-3-5-7-19)14-17-8-11-21(26)12-9-17/h3-9,11-12,14,22-23,26-27H,2,10,13,15-16H2,1H3/b20-14-/t22-,23+/m1/s1. The van der Waals surface area contributed by atoms with Crippen LogP contribution >= 0.6 is 0 Å². The summed E-state index contributed by atoms with van der Waals surface area (Å²) in [6.07, 6.45) is 3.71. The Kier molecular flexibility index (Phi) is 6.37. The number of hydrogen-bond donors (Lipinski definition) is 2. The highest BCUT2D eigenvalue weighted by Crippen LogP contribution is 2.41. The molecular formula is C24H27BO5S. The first-order valence-electron chi connectivity index (χ1n) is 10.7. The van der Waals surface area contributed by atoms with E-state index in [0.717, 1.165) is 27.8 Å². The molecule has 2 N–H and O–H groups in total. The van der Waals surface area contributed by atoms with Crippen molar-refractivity contribution in [2.24, 2.45) is 0 Å². The summed E-state index contributed by atoms with van der Waals surface area (Å²) >= 11 is 0. The average molecular weight is 438 g/mol. The number of aromatic hydroxyl groups is 1. The molecule has 2 aromatic rings. The minimum Gasteiger partial charge on any atom is -0.508 e. The fraction of sp³-hybridized carbons (Fsp3) is 0.333. The normalized spacial score (nSPS) is 23.2. The van der Waals surface area contributed by atoms with Crippen LogP contribution in [0, 0.1) is 0 Å². The predicted octanol–water partition coefficient (Wildman–Crippen LogP) is 4.10. The van der Waals surface area contributed by atoms with E-state index in [1.54, 1.807) is 12.1 Å². The van der Waals surface area contributed by atoms with E-state index in [2.05, 4.69) is 6.08 Å². The fourth-order valence-electron chi connectivity index (χ4n) is 4.60. The first-order valence-corrected chi connectivity index (χ1v) is 12.4. The molecule has 0 bridgehead atoms. The lowest BCUT2D eigenvalue weighted by Crippen LogP contribution is -2.41. The highest BCUT2D eigenvalue weighted by atomic mass is 32.2. The van der Waals surface area contributed by atoms with Gasteiger partial charge in [0.05, 0.1) is 17.1 Å².